The molecule has 0 aromatic rings. The lowest BCUT2D eigenvalue weighted by molar-refractivity contribution is -0.105. The van der Waals surface area contributed by atoms with E-state index in [1.54, 1.807) is 26.0 Å². The van der Waals surface area contributed by atoms with Crippen LogP contribution in [-0.2, 0) is 9.59 Å². The summed E-state index contributed by atoms with van der Waals surface area (Å²) in [6.45, 7) is 7.39. The maximum Gasteiger partial charge on any atom is 0.145 e. The maximum atomic E-state index is 10.4. The van der Waals surface area contributed by atoms with Gasteiger partial charge in [-0.15, -0.1) is 0 Å². The van der Waals surface area contributed by atoms with Crippen LogP contribution < -0.4 is 0 Å². The maximum absolute atomic E-state index is 10.4. The van der Waals surface area contributed by atoms with Gasteiger partial charge in [0.25, 0.3) is 0 Å². The van der Waals surface area contributed by atoms with Crippen LogP contribution in [0.4, 0.5) is 0 Å². The van der Waals surface area contributed by atoms with Gasteiger partial charge in [-0.3, -0.25) is 9.59 Å². The molecule has 0 saturated heterocycles. The van der Waals surface area contributed by atoms with Gasteiger partial charge in [-0.1, -0.05) is 48.3 Å². The molecule has 0 rings (SSSR count). The van der Waals surface area contributed by atoms with Crippen LogP contribution in [0.15, 0.2) is 70.9 Å². The molecular weight excluding hydrogens is 272 g/mol. The number of aldehydes is 2. The predicted octanol–water partition coefficient (Wildman–Crippen LogP) is 4.29. The summed E-state index contributed by atoms with van der Waals surface area (Å²) in [7, 11) is 0. The summed E-state index contributed by atoms with van der Waals surface area (Å²) < 4.78 is 0. The van der Waals surface area contributed by atoms with Gasteiger partial charge in [0.2, 0.25) is 0 Å². The molecule has 0 heterocycles. The molecule has 0 radical (unpaired) electrons. The highest BCUT2D eigenvalue weighted by molar-refractivity contribution is 5.73. The molecule has 0 aromatic heterocycles. The quantitative estimate of drug-likeness (QED) is 0.317. The molecule has 0 unspecified atom stereocenters. The van der Waals surface area contributed by atoms with Crippen molar-refractivity contribution in [3.8, 4) is 11.8 Å². The molecule has 0 fully saturated rings. The number of allylic oxidation sites excluding steroid dienone is 12. The van der Waals surface area contributed by atoms with E-state index in [1.165, 1.54) is 0 Å². The monoisotopic (exact) mass is 294 g/mol. The van der Waals surface area contributed by atoms with Crippen molar-refractivity contribution in [1.29, 1.82) is 0 Å². The van der Waals surface area contributed by atoms with Crippen molar-refractivity contribution >= 4 is 12.6 Å². The minimum Gasteiger partial charge on any atom is -0.298 e. The Bertz CT molecular complexity index is 570. The molecule has 0 aliphatic carbocycles. The van der Waals surface area contributed by atoms with Crippen LogP contribution in [0.2, 0.25) is 0 Å². The Morgan fingerprint density at radius 3 is 1.32 bits per heavy atom. The fraction of sp³-hybridized carbons (Fsp3) is 0.200. The first-order valence-electron chi connectivity index (χ1n) is 6.94. The van der Waals surface area contributed by atoms with E-state index in [4.69, 9.17) is 0 Å². The number of hydrogen-bond donors (Lipinski definition) is 0. The summed E-state index contributed by atoms with van der Waals surface area (Å²) >= 11 is 0. The first-order chi connectivity index (χ1) is 10.5. The smallest absolute Gasteiger partial charge is 0.145 e. The van der Waals surface area contributed by atoms with E-state index in [0.29, 0.717) is 11.1 Å². The molecule has 0 atom stereocenters. The minimum absolute atomic E-state index is 0.680. The topological polar surface area (TPSA) is 34.1 Å². The molecule has 114 valence electrons. The Hall–Kier alpha value is -2.66. The molecule has 22 heavy (non-hydrogen) atoms. The van der Waals surface area contributed by atoms with E-state index >= 15 is 0 Å². The van der Waals surface area contributed by atoms with Crippen molar-refractivity contribution in [3.63, 3.8) is 0 Å². The van der Waals surface area contributed by atoms with Gasteiger partial charge in [-0.05, 0) is 62.1 Å². The van der Waals surface area contributed by atoms with E-state index in [9.17, 15) is 9.59 Å². The van der Waals surface area contributed by atoms with Crippen LogP contribution >= 0.6 is 0 Å². The van der Waals surface area contributed by atoms with Gasteiger partial charge in [-0.25, -0.2) is 0 Å². The van der Waals surface area contributed by atoms with Crippen LogP contribution in [-0.4, -0.2) is 12.6 Å². The van der Waals surface area contributed by atoms with Crippen LogP contribution in [0, 0.1) is 11.8 Å². The van der Waals surface area contributed by atoms with Crippen molar-refractivity contribution in [2.75, 3.05) is 0 Å². The van der Waals surface area contributed by atoms with Crippen molar-refractivity contribution in [1.82, 2.24) is 0 Å². The molecule has 0 amide bonds. The Labute approximate surface area is 133 Å². The molecule has 0 spiro atoms. The van der Waals surface area contributed by atoms with Crippen molar-refractivity contribution in [3.05, 3.63) is 70.9 Å². The first kappa shape index (κ1) is 19.3. The summed E-state index contributed by atoms with van der Waals surface area (Å²) in [5.41, 5.74) is 3.38. The van der Waals surface area contributed by atoms with Crippen molar-refractivity contribution < 1.29 is 9.59 Å². The third-order valence-corrected chi connectivity index (χ3v) is 2.49. The van der Waals surface area contributed by atoms with Crippen molar-refractivity contribution in [2.45, 2.75) is 27.7 Å². The lowest BCUT2D eigenvalue weighted by Gasteiger charge is -1.87. The van der Waals surface area contributed by atoms with Crippen LogP contribution in [0.25, 0.3) is 0 Å². The highest BCUT2D eigenvalue weighted by Crippen LogP contribution is 1.97. The van der Waals surface area contributed by atoms with Crippen LogP contribution in [0.3, 0.4) is 0 Å². The summed E-state index contributed by atoms with van der Waals surface area (Å²) in [6, 6.07) is 0. The van der Waals surface area contributed by atoms with Crippen LogP contribution in [0.5, 0.6) is 0 Å². The van der Waals surface area contributed by atoms with Crippen LogP contribution in [0.1, 0.15) is 27.7 Å². The number of carbonyl (C=O) groups excluding carboxylic acids is 2. The molecule has 2 nitrogen and oxygen atoms in total. The van der Waals surface area contributed by atoms with Gasteiger partial charge >= 0.3 is 0 Å². The van der Waals surface area contributed by atoms with E-state index in [1.807, 2.05) is 50.3 Å². The highest BCUT2D eigenvalue weighted by atomic mass is 16.1. The highest BCUT2D eigenvalue weighted by Gasteiger charge is 1.81. The SMILES string of the molecule is C\C(C=O)=C/C=C\C(C)=C\C#C/C=C(C)/C=C/C=C(\C)C=O. The predicted molar refractivity (Wildman–Crippen MR) is 93.2 cm³/mol. The standard InChI is InChI=1S/C20H22O2/c1-17(11-7-13-19(3)15-21)9-5-6-10-18(2)12-8-14-20(4)16-22/h7-16H,1-4H3/b11-7-,12-8+,17-9+,18-10+,19-13+,20-14+. The van der Waals surface area contributed by atoms with Gasteiger partial charge in [0, 0.05) is 0 Å². The average Bonchev–Trinajstić information content (AvgIpc) is 2.51. The third kappa shape index (κ3) is 11.2. The Balaban J connectivity index is 4.62. The second kappa shape index (κ2) is 12.1. The lowest BCUT2D eigenvalue weighted by Crippen LogP contribution is -1.73. The number of rotatable bonds is 6. The van der Waals surface area contributed by atoms with Gasteiger partial charge in [0.1, 0.15) is 12.6 Å². The molecule has 0 aliphatic heterocycles. The summed E-state index contributed by atoms with van der Waals surface area (Å²) in [5, 5.41) is 0. The molecule has 0 aliphatic rings. The van der Waals surface area contributed by atoms with E-state index in [2.05, 4.69) is 11.8 Å². The Morgan fingerprint density at radius 2 is 1.00 bits per heavy atom. The van der Waals surface area contributed by atoms with Gasteiger partial charge in [0.15, 0.2) is 0 Å². The summed E-state index contributed by atoms with van der Waals surface area (Å²) in [6.07, 6.45) is 16.2. The first-order valence-corrected chi connectivity index (χ1v) is 6.94. The number of hydrogen-bond acceptors (Lipinski definition) is 2. The Kier molecular flexibility index (Phi) is 10.6. The fourth-order valence-corrected chi connectivity index (χ4v) is 1.19. The molecule has 0 bridgehead atoms. The average molecular weight is 294 g/mol. The largest absolute Gasteiger partial charge is 0.298 e. The van der Waals surface area contributed by atoms with Gasteiger partial charge in [-0.2, -0.15) is 0 Å². The second-order valence-electron chi connectivity index (χ2n) is 4.84. The fourth-order valence-electron chi connectivity index (χ4n) is 1.19. The zero-order valence-electron chi connectivity index (χ0n) is 13.6. The molecule has 0 N–H and O–H groups in total. The molecule has 0 saturated carbocycles. The zero-order chi connectivity index (χ0) is 16.8. The molecule has 2 heteroatoms. The van der Waals surface area contributed by atoms with E-state index < -0.39 is 0 Å². The second-order valence-corrected chi connectivity index (χ2v) is 4.84. The molecular formula is C20H22O2. The zero-order valence-corrected chi connectivity index (χ0v) is 13.6. The Morgan fingerprint density at radius 1 is 0.636 bits per heavy atom. The lowest BCUT2D eigenvalue weighted by atomic mass is 10.2. The van der Waals surface area contributed by atoms with E-state index in [0.717, 1.165) is 23.7 Å². The number of carbonyl (C=O) groups is 2. The summed E-state index contributed by atoms with van der Waals surface area (Å²) in [4.78, 5) is 20.8. The van der Waals surface area contributed by atoms with Gasteiger partial charge < -0.3 is 0 Å². The summed E-state index contributed by atoms with van der Waals surface area (Å²) in [5.74, 6) is 5.89. The third-order valence-electron chi connectivity index (χ3n) is 2.49. The normalized spacial score (nSPS) is 14.2. The van der Waals surface area contributed by atoms with Gasteiger partial charge in [0.05, 0.1) is 0 Å². The minimum atomic E-state index is 0.680. The van der Waals surface area contributed by atoms with E-state index in [-0.39, 0.29) is 0 Å². The molecule has 0 aromatic carbocycles. The van der Waals surface area contributed by atoms with Crippen molar-refractivity contribution in [2.24, 2.45) is 0 Å².